The van der Waals surface area contributed by atoms with Gasteiger partial charge >= 0.3 is 0 Å². The van der Waals surface area contributed by atoms with Crippen molar-refractivity contribution in [3.8, 4) is 0 Å². The Morgan fingerprint density at radius 3 is 2.82 bits per heavy atom. The lowest BCUT2D eigenvalue weighted by Crippen LogP contribution is -2.08. The van der Waals surface area contributed by atoms with Gasteiger partial charge in [0.25, 0.3) is 0 Å². The smallest absolute Gasteiger partial charge is 0.101 e. The van der Waals surface area contributed by atoms with Crippen LogP contribution >= 0.6 is 22.6 Å². The summed E-state index contributed by atoms with van der Waals surface area (Å²) in [4.78, 5) is 4.15. The van der Waals surface area contributed by atoms with E-state index < -0.39 is 0 Å². The molecule has 0 amide bonds. The number of hydrogen-bond donors (Lipinski definition) is 1. The van der Waals surface area contributed by atoms with Crippen LogP contribution in [0.5, 0.6) is 0 Å². The van der Waals surface area contributed by atoms with Crippen LogP contribution in [-0.2, 0) is 0 Å². The SMILES string of the molecule is CC[C@@H](N)c1ccc(I)nc1. The molecule has 1 aromatic heterocycles. The van der Waals surface area contributed by atoms with E-state index in [1.807, 2.05) is 18.3 Å². The molecule has 2 nitrogen and oxygen atoms in total. The lowest BCUT2D eigenvalue weighted by atomic mass is 10.1. The van der Waals surface area contributed by atoms with Gasteiger partial charge < -0.3 is 5.73 Å². The van der Waals surface area contributed by atoms with Gasteiger partial charge in [-0.2, -0.15) is 0 Å². The van der Waals surface area contributed by atoms with Gasteiger partial charge in [0.15, 0.2) is 0 Å². The Kier molecular flexibility index (Phi) is 3.26. The van der Waals surface area contributed by atoms with Crippen molar-refractivity contribution in [2.24, 2.45) is 5.73 Å². The number of halogens is 1. The second-order valence-corrected chi connectivity index (χ2v) is 3.53. The van der Waals surface area contributed by atoms with Gasteiger partial charge in [0, 0.05) is 12.2 Å². The maximum atomic E-state index is 5.80. The molecule has 11 heavy (non-hydrogen) atoms. The van der Waals surface area contributed by atoms with Crippen molar-refractivity contribution in [1.82, 2.24) is 4.98 Å². The molecule has 0 aliphatic heterocycles. The number of pyridine rings is 1. The first-order valence-corrected chi connectivity index (χ1v) is 4.69. The Balaban J connectivity index is 2.81. The van der Waals surface area contributed by atoms with E-state index in [0.29, 0.717) is 0 Å². The van der Waals surface area contributed by atoms with E-state index in [4.69, 9.17) is 5.73 Å². The van der Waals surface area contributed by atoms with Crippen LogP contribution in [0.25, 0.3) is 0 Å². The monoisotopic (exact) mass is 262 g/mol. The summed E-state index contributed by atoms with van der Waals surface area (Å²) in [6.45, 7) is 2.07. The van der Waals surface area contributed by atoms with E-state index >= 15 is 0 Å². The minimum absolute atomic E-state index is 0.138. The highest BCUT2D eigenvalue weighted by molar-refractivity contribution is 14.1. The first kappa shape index (κ1) is 8.93. The molecular formula is C8H11IN2. The first-order chi connectivity index (χ1) is 5.24. The number of hydrogen-bond acceptors (Lipinski definition) is 2. The van der Waals surface area contributed by atoms with Gasteiger partial charge in [-0.15, -0.1) is 0 Å². The lowest BCUT2D eigenvalue weighted by Gasteiger charge is -2.07. The summed E-state index contributed by atoms with van der Waals surface area (Å²) < 4.78 is 1.01. The van der Waals surface area contributed by atoms with E-state index in [0.717, 1.165) is 15.7 Å². The van der Waals surface area contributed by atoms with Crippen LogP contribution in [0.1, 0.15) is 24.9 Å². The zero-order valence-electron chi connectivity index (χ0n) is 6.42. The topological polar surface area (TPSA) is 38.9 Å². The van der Waals surface area contributed by atoms with Gasteiger partial charge in [0.2, 0.25) is 0 Å². The highest BCUT2D eigenvalue weighted by atomic mass is 127. The predicted molar refractivity (Wildman–Crippen MR) is 54.2 cm³/mol. The minimum Gasteiger partial charge on any atom is -0.324 e. The predicted octanol–water partition coefficient (Wildman–Crippen LogP) is 2.10. The minimum atomic E-state index is 0.138. The molecule has 2 N–H and O–H groups in total. The third-order valence-electron chi connectivity index (χ3n) is 1.62. The molecule has 0 saturated heterocycles. The average molecular weight is 262 g/mol. The summed E-state index contributed by atoms with van der Waals surface area (Å²) in [5, 5.41) is 0. The fourth-order valence-electron chi connectivity index (χ4n) is 0.842. The largest absolute Gasteiger partial charge is 0.324 e. The van der Waals surface area contributed by atoms with Crippen LogP contribution in [0, 0.1) is 3.70 Å². The molecule has 0 saturated carbocycles. The van der Waals surface area contributed by atoms with Crippen LogP contribution in [0.2, 0.25) is 0 Å². The van der Waals surface area contributed by atoms with E-state index in [1.54, 1.807) is 0 Å². The third-order valence-corrected chi connectivity index (χ3v) is 2.26. The third kappa shape index (κ3) is 2.41. The van der Waals surface area contributed by atoms with E-state index in [9.17, 15) is 0 Å². The van der Waals surface area contributed by atoms with Gasteiger partial charge in [-0.1, -0.05) is 13.0 Å². The molecule has 0 radical (unpaired) electrons. The van der Waals surface area contributed by atoms with Crippen molar-refractivity contribution in [1.29, 1.82) is 0 Å². The van der Waals surface area contributed by atoms with Gasteiger partial charge in [-0.05, 0) is 40.6 Å². The van der Waals surface area contributed by atoms with E-state index in [1.165, 1.54) is 0 Å². The molecule has 1 atom stereocenters. The molecule has 1 rings (SSSR count). The second kappa shape index (κ2) is 4.01. The van der Waals surface area contributed by atoms with Crippen molar-refractivity contribution in [2.75, 3.05) is 0 Å². The molecule has 0 aliphatic carbocycles. The highest BCUT2D eigenvalue weighted by Gasteiger charge is 2.01. The number of rotatable bonds is 2. The summed E-state index contributed by atoms with van der Waals surface area (Å²) in [5.74, 6) is 0. The molecule has 0 bridgehead atoms. The second-order valence-electron chi connectivity index (χ2n) is 2.43. The Labute approximate surface area is 80.3 Å². The number of nitrogens with zero attached hydrogens (tertiary/aromatic N) is 1. The zero-order chi connectivity index (χ0) is 8.27. The Morgan fingerprint density at radius 1 is 1.64 bits per heavy atom. The Bertz CT molecular complexity index is 220. The summed E-state index contributed by atoms with van der Waals surface area (Å²) in [7, 11) is 0. The van der Waals surface area contributed by atoms with Crippen molar-refractivity contribution in [3.63, 3.8) is 0 Å². The molecule has 0 aliphatic rings. The molecule has 0 fully saturated rings. The quantitative estimate of drug-likeness (QED) is 0.654. The molecule has 0 spiro atoms. The number of nitrogens with two attached hydrogens (primary N) is 1. The van der Waals surface area contributed by atoms with Gasteiger partial charge in [0.05, 0.1) is 0 Å². The molecule has 3 heteroatoms. The summed E-state index contributed by atoms with van der Waals surface area (Å²) in [6, 6.07) is 4.15. The molecule has 0 aromatic carbocycles. The average Bonchev–Trinajstić information content (AvgIpc) is 2.05. The van der Waals surface area contributed by atoms with Crippen LogP contribution in [0.3, 0.4) is 0 Å². The lowest BCUT2D eigenvalue weighted by molar-refractivity contribution is 0.695. The number of aromatic nitrogens is 1. The summed E-state index contributed by atoms with van der Waals surface area (Å²) in [5.41, 5.74) is 6.92. The maximum absolute atomic E-state index is 5.80. The van der Waals surface area contributed by atoms with Crippen LogP contribution in [0.4, 0.5) is 0 Å². The Hall–Kier alpha value is -0.160. The molecular weight excluding hydrogens is 251 g/mol. The molecule has 0 unspecified atom stereocenters. The van der Waals surface area contributed by atoms with E-state index in [2.05, 4.69) is 34.5 Å². The maximum Gasteiger partial charge on any atom is 0.101 e. The van der Waals surface area contributed by atoms with Gasteiger partial charge in [-0.25, -0.2) is 4.98 Å². The summed E-state index contributed by atoms with van der Waals surface area (Å²) >= 11 is 2.18. The first-order valence-electron chi connectivity index (χ1n) is 3.61. The van der Waals surface area contributed by atoms with Crippen molar-refractivity contribution in [2.45, 2.75) is 19.4 Å². The van der Waals surface area contributed by atoms with Gasteiger partial charge in [-0.3, -0.25) is 0 Å². The van der Waals surface area contributed by atoms with Crippen molar-refractivity contribution >= 4 is 22.6 Å². The van der Waals surface area contributed by atoms with Crippen LogP contribution in [0.15, 0.2) is 18.3 Å². The fourth-order valence-corrected chi connectivity index (χ4v) is 1.16. The van der Waals surface area contributed by atoms with Crippen LogP contribution in [-0.4, -0.2) is 4.98 Å². The molecule has 1 aromatic rings. The van der Waals surface area contributed by atoms with Crippen LogP contribution < -0.4 is 5.73 Å². The fraction of sp³-hybridized carbons (Fsp3) is 0.375. The molecule has 1 heterocycles. The highest BCUT2D eigenvalue weighted by Crippen LogP contribution is 2.12. The zero-order valence-corrected chi connectivity index (χ0v) is 8.58. The van der Waals surface area contributed by atoms with E-state index in [-0.39, 0.29) is 6.04 Å². The normalized spacial score (nSPS) is 13.0. The van der Waals surface area contributed by atoms with Crippen molar-refractivity contribution < 1.29 is 0 Å². The van der Waals surface area contributed by atoms with Gasteiger partial charge in [0.1, 0.15) is 3.70 Å². The molecule has 60 valence electrons. The van der Waals surface area contributed by atoms with Crippen molar-refractivity contribution in [3.05, 3.63) is 27.6 Å². The summed E-state index contributed by atoms with van der Waals surface area (Å²) in [6.07, 6.45) is 2.80. The Morgan fingerprint density at radius 2 is 2.36 bits per heavy atom. The standard InChI is InChI=1S/C8H11IN2/c1-2-7(10)6-3-4-8(9)11-5-6/h3-5,7H,2,10H2,1H3/t7-/m1/s1.